The molecule has 1 heterocycles. The number of benzene rings is 2. The largest absolute Gasteiger partial charge is 0.493 e. The van der Waals surface area contributed by atoms with Gasteiger partial charge in [0.15, 0.2) is 6.10 Å². The molecule has 1 aliphatic rings. The predicted molar refractivity (Wildman–Crippen MR) is 100.0 cm³/mol. The van der Waals surface area contributed by atoms with Crippen LogP contribution in [0.3, 0.4) is 0 Å². The summed E-state index contributed by atoms with van der Waals surface area (Å²) in [6.07, 6.45) is 1.42. The van der Waals surface area contributed by atoms with Crippen molar-refractivity contribution in [1.82, 2.24) is 0 Å². The van der Waals surface area contributed by atoms with Crippen LogP contribution in [0.15, 0.2) is 42.5 Å². The minimum absolute atomic E-state index is 0.212. The van der Waals surface area contributed by atoms with Crippen molar-refractivity contribution in [2.45, 2.75) is 32.8 Å². The van der Waals surface area contributed by atoms with Gasteiger partial charge < -0.3 is 20.1 Å². The average Bonchev–Trinajstić information content (AvgIpc) is 2.63. The highest BCUT2D eigenvalue weighted by Gasteiger charge is 2.23. The second-order valence-corrected chi connectivity index (χ2v) is 6.11. The van der Waals surface area contributed by atoms with E-state index in [1.165, 1.54) is 0 Å². The van der Waals surface area contributed by atoms with Crippen LogP contribution in [0.1, 0.15) is 37.0 Å². The highest BCUT2D eigenvalue weighted by atomic mass is 16.5. The molecule has 2 amide bonds. The Balaban J connectivity index is 1.75. The lowest BCUT2D eigenvalue weighted by Gasteiger charge is -2.23. The number of nitrogens with one attached hydrogen (secondary N) is 2. The van der Waals surface area contributed by atoms with E-state index < -0.39 is 6.10 Å². The van der Waals surface area contributed by atoms with E-state index in [1.54, 1.807) is 43.3 Å². The smallest absolute Gasteiger partial charge is 0.265 e. The van der Waals surface area contributed by atoms with Crippen molar-refractivity contribution < 1.29 is 19.1 Å². The molecule has 1 aliphatic heterocycles. The van der Waals surface area contributed by atoms with Gasteiger partial charge in [-0.25, -0.2) is 0 Å². The number of para-hydroxylation sites is 1. The second-order valence-electron chi connectivity index (χ2n) is 6.11. The first-order chi connectivity index (χ1) is 12.6. The van der Waals surface area contributed by atoms with E-state index in [4.69, 9.17) is 9.47 Å². The number of rotatable bonds is 6. The third kappa shape index (κ3) is 3.96. The zero-order valence-electron chi connectivity index (χ0n) is 14.9. The normalized spacial score (nSPS) is 15.5. The Hall–Kier alpha value is -3.02. The topological polar surface area (TPSA) is 76.7 Å². The highest BCUT2D eigenvalue weighted by Crippen LogP contribution is 2.32. The Morgan fingerprint density at radius 1 is 1.27 bits per heavy atom. The van der Waals surface area contributed by atoms with Gasteiger partial charge in [-0.15, -0.1) is 0 Å². The molecule has 0 fully saturated rings. The van der Waals surface area contributed by atoms with Crippen LogP contribution in [-0.4, -0.2) is 24.5 Å². The molecule has 3 rings (SSSR count). The summed E-state index contributed by atoms with van der Waals surface area (Å²) in [5, 5.41) is 5.61. The molecule has 2 aromatic carbocycles. The number of ether oxygens (including phenoxy) is 2. The number of amides is 2. The molecular formula is C20H22N2O4. The van der Waals surface area contributed by atoms with Gasteiger partial charge in [-0.05, 0) is 43.7 Å². The zero-order chi connectivity index (χ0) is 18.5. The number of hydrogen-bond acceptors (Lipinski definition) is 4. The summed E-state index contributed by atoms with van der Waals surface area (Å²) >= 11 is 0. The van der Waals surface area contributed by atoms with Crippen molar-refractivity contribution in [3.63, 3.8) is 0 Å². The lowest BCUT2D eigenvalue weighted by atomic mass is 10.1. The van der Waals surface area contributed by atoms with Crippen molar-refractivity contribution >= 4 is 23.2 Å². The van der Waals surface area contributed by atoms with Gasteiger partial charge in [-0.2, -0.15) is 0 Å². The fraction of sp³-hybridized carbons (Fsp3) is 0.300. The molecule has 0 saturated carbocycles. The van der Waals surface area contributed by atoms with E-state index >= 15 is 0 Å². The predicted octanol–water partition coefficient (Wildman–Crippen LogP) is 3.84. The minimum atomic E-state index is -0.532. The summed E-state index contributed by atoms with van der Waals surface area (Å²) in [4.78, 5) is 24.4. The van der Waals surface area contributed by atoms with Crippen LogP contribution in [0.2, 0.25) is 0 Å². The Labute approximate surface area is 152 Å². The van der Waals surface area contributed by atoms with Gasteiger partial charge in [0, 0.05) is 5.69 Å². The van der Waals surface area contributed by atoms with Crippen LogP contribution in [0.5, 0.6) is 11.5 Å². The SMILES string of the molecule is CCCCOc1ccccc1C(=O)Nc1ccc2c(c1)NC(=O)[C@@H](C)O2. The van der Waals surface area contributed by atoms with Crippen LogP contribution in [0.25, 0.3) is 0 Å². The first kappa shape index (κ1) is 17.8. The van der Waals surface area contributed by atoms with Crippen LogP contribution < -0.4 is 20.1 Å². The second kappa shape index (κ2) is 7.91. The number of unbranched alkanes of at least 4 members (excludes halogenated alkanes) is 1. The third-order valence-electron chi connectivity index (χ3n) is 4.06. The maximum Gasteiger partial charge on any atom is 0.265 e. The monoisotopic (exact) mass is 354 g/mol. The molecule has 6 heteroatoms. The highest BCUT2D eigenvalue weighted by molar-refractivity contribution is 6.07. The molecule has 0 bridgehead atoms. The lowest BCUT2D eigenvalue weighted by Crippen LogP contribution is -2.34. The van der Waals surface area contributed by atoms with Gasteiger partial charge in [-0.1, -0.05) is 25.5 Å². The molecule has 6 nitrogen and oxygen atoms in total. The van der Waals surface area contributed by atoms with Crippen LogP contribution in [0.4, 0.5) is 11.4 Å². The fourth-order valence-electron chi connectivity index (χ4n) is 2.59. The Kier molecular flexibility index (Phi) is 5.41. The molecule has 0 aromatic heterocycles. The summed E-state index contributed by atoms with van der Waals surface area (Å²) in [5.74, 6) is 0.657. The van der Waals surface area contributed by atoms with Gasteiger partial charge in [0.25, 0.3) is 11.8 Å². The zero-order valence-corrected chi connectivity index (χ0v) is 14.9. The lowest BCUT2D eigenvalue weighted by molar-refractivity contribution is -0.122. The van der Waals surface area contributed by atoms with Crippen molar-refractivity contribution in [3.05, 3.63) is 48.0 Å². The summed E-state index contributed by atoms with van der Waals surface area (Å²) in [5.41, 5.74) is 1.57. The first-order valence-electron chi connectivity index (χ1n) is 8.73. The van der Waals surface area contributed by atoms with Crippen molar-refractivity contribution in [1.29, 1.82) is 0 Å². The van der Waals surface area contributed by atoms with Crippen LogP contribution in [0, 0.1) is 0 Å². The van der Waals surface area contributed by atoms with E-state index in [9.17, 15) is 9.59 Å². The Morgan fingerprint density at radius 3 is 2.88 bits per heavy atom. The van der Waals surface area contributed by atoms with Crippen LogP contribution in [-0.2, 0) is 4.79 Å². The van der Waals surface area contributed by atoms with Crippen molar-refractivity contribution in [3.8, 4) is 11.5 Å². The molecule has 136 valence electrons. The van der Waals surface area contributed by atoms with Crippen molar-refractivity contribution in [2.75, 3.05) is 17.2 Å². The number of carbonyl (C=O) groups excluding carboxylic acids is 2. The summed E-state index contributed by atoms with van der Waals surface area (Å²) in [6.45, 7) is 4.34. The number of anilines is 2. The Morgan fingerprint density at radius 2 is 2.08 bits per heavy atom. The molecule has 0 spiro atoms. The molecule has 0 saturated heterocycles. The number of fused-ring (bicyclic) bond motifs is 1. The van der Waals surface area contributed by atoms with Crippen LogP contribution >= 0.6 is 0 Å². The first-order valence-corrected chi connectivity index (χ1v) is 8.73. The van der Waals surface area contributed by atoms with Gasteiger partial charge in [0.1, 0.15) is 11.5 Å². The molecule has 1 atom stereocenters. The van der Waals surface area contributed by atoms with Gasteiger partial charge >= 0.3 is 0 Å². The molecule has 0 radical (unpaired) electrons. The number of carbonyl (C=O) groups is 2. The van der Waals surface area contributed by atoms with E-state index in [0.717, 1.165) is 12.8 Å². The summed E-state index contributed by atoms with van der Waals surface area (Å²) < 4.78 is 11.2. The number of hydrogen-bond donors (Lipinski definition) is 2. The molecule has 2 N–H and O–H groups in total. The van der Waals surface area contributed by atoms with E-state index in [2.05, 4.69) is 17.6 Å². The average molecular weight is 354 g/mol. The standard InChI is InChI=1S/C20H22N2O4/c1-3-4-11-25-17-8-6-5-7-15(17)20(24)21-14-9-10-18-16(12-14)22-19(23)13(2)26-18/h5-10,12-13H,3-4,11H2,1-2H3,(H,21,24)(H,22,23)/t13-/m1/s1. The van der Waals surface area contributed by atoms with Crippen molar-refractivity contribution in [2.24, 2.45) is 0 Å². The van der Waals surface area contributed by atoms with Gasteiger partial charge in [0.05, 0.1) is 17.9 Å². The minimum Gasteiger partial charge on any atom is -0.493 e. The molecule has 26 heavy (non-hydrogen) atoms. The molecule has 2 aromatic rings. The van der Waals surface area contributed by atoms with E-state index in [-0.39, 0.29) is 11.8 Å². The van der Waals surface area contributed by atoms with Gasteiger partial charge in [-0.3, -0.25) is 9.59 Å². The summed E-state index contributed by atoms with van der Waals surface area (Å²) in [7, 11) is 0. The molecular weight excluding hydrogens is 332 g/mol. The van der Waals surface area contributed by atoms with E-state index in [0.29, 0.717) is 35.0 Å². The third-order valence-corrected chi connectivity index (χ3v) is 4.06. The fourth-order valence-corrected chi connectivity index (χ4v) is 2.59. The quantitative estimate of drug-likeness (QED) is 0.773. The molecule has 0 aliphatic carbocycles. The van der Waals surface area contributed by atoms with E-state index in [1.807, 2.05) is 6.07 Å². The summed E-state index contributed by atoms with van der Waals surface area (Å²) in [6, 6.07) is 12.3. The maximum absolute atomic E-state index is 12.6. The Bertz CT molecular complexity index is 819. The molecule has 0 unspecified atom stereocenters. The van der Waals surface area contributed by atoms with Gasteiger partial charge in [0.2, 0.25) is 0 Å². The maximum atomic E-state index is 12.6.